The molecule has 29 heavy (non-hydrogen) atoms. The van der Waals surface area contributed by atoms with E-state index in [2.05, 4.69) is 35.2 Å². The van der Waals surface area contributed by atoms with Crippen LogP contribution in [-0.4, -0.2) is 42.9 Å². The molecule has 0 bridgehead atoms. The first-order valence-corrected chi connectivity index (χ1v) is 10.9. The average Bonchev–Trinajstić information content (AvgIpc) is 2.75. The highest BCUT2D eigenvalue weighted by Gasteiger charge is 2.52. The van der Waals surface area contributed by atoms with Gasteiger partial charge < -0.3 is 14.6 Å². The van der Waals surface area contributed by atoms with Crippen molar-refractivity contribution in [1.29, 1.82) is 0 Å². The minimum atomic E-state index is -0.472. The van der Waals surface area contributed by atoms with Crippen molar-refractivity contribution in [3.05, 3.63) is 65.7 Å². The van der Waals surface area contributed by atoms with E-state index in [1.54, 1.807) is 7.11 Å². The number of hydrogen-bond donors (Lipinski definition) is 1. The second kappa shape index (κ2) is 9.29. The second-order valence-electron chi connectivity index (χ2n) is 8.68. The maximum absolute atomic E-state index is 10.6. The van der Waals surface area contributed by atoms with Crippen molar-refractivity contribution in [3.63, 3.8) is 0 Å². The number of nitrogens with zero attached hydrogens (tertiary/aromatic N) is 1. The van der Waals surface area contributed by atoms with Crippen LogP contribution in [0.5, 0.6) is 5.75 Å². The number of ether oxygens (including phenoxy) is 2. The minimum absolute atomic E-state index is 0.358. The average molecular weight is 396 g/mol. The van der Waals surface area contributed by atoms with E-state index in [1.165, 1.54) is 37.7 Å². The van der Waals surface area contributed by atoms with Crippen molar-refractivity contribution in [2.45, 2.75) is 50.9 Å². The number of likely N-dealkylation sites (tertiary alicyclic amines) is 1. The van der Waals surface area contributed by atoms with Crippen LogP contribution in [0.3, 0.4) is 0 Å². The number of aliphatic hydroxyl groups is 1. The number of β-amino-alcohol motifs (C(OH)–C–C–N with tert-alkyl or cyclic N) is 1. The molecule has 0 aromatic heterocycles. The van der Waals surface area contributed by atoms with Gasteiger partial charge in [-0.25, -0.2) is 0 Å². The van der Waals surface area contributed by atoms with E-state index in [0.29, 0.717) is 31.2 Å². The third-order valence-corrected chi connectivity index (χ3v) is 6.61. The standard InChI is InChI=1S/C25H33NO3/c1-28-23-12-10-20(11-13-23)17-29-18-22(27)16-26-19-25(14-6-3-7-15-25)24(26)21-8-4-2-5-9-21/h2,4-5,8-13,22,24,27H,3,6-7,14-19H2,1H3. The Morgan fingerprint density at radius 3 is 2.45 bits per heavy atom. The van der Waals surface area contributed by atoms with Crippen LogP contribution in [0, 0.1) is 5.41 Å². The molecule has 4 nitrogen and oxygen atoms in total. The molecule has 1 aliphatic heterocycles. The lowest BCUT2D eigenvalue weighted by Crippen LogP contribution is -2.61. The third-order valence-electron chi connectivity index (χ3n) is 6.61. The summed E-state index contributed by atoms with van der Waals surface area (Å²) in [6, 6.07) is 19.2. The molecule has 1 aliphatic carbocycles. The Morgan fingerprint density at radius 1 is 1.03 bits per heavy atom. The summed E-state index contributed by atoms with van der Waals surface area (Å²) in [7, 11) is 1.66. The molecule has 2 fully saturated rings. The lowest BCUT2D eigenvalue weighted by Gasteiger charge is -2.60. The van der Waals surface area contributed by atoms with E-state index in [1.807, 2.05) is 24.3 Å². The maximum atomic E-state index is 10.6. The SMILES string of the molecule is COc1ccc(COCC(O)CN2CC3(CCCCC3)C2c2ccccc2)cc1. The van der Waals surface area contributed by atoms with Crippen LogP contribution < -0.4 is 4.74 Å². The van der Waals surface area contributed by atoms with Crippen molar-refractivity contribution in [2.75, 3.05) is 26.8 Å². The Labute approximate surface area is 174 Å². The second-order valence-corrected chi connectivity index (χ2v) is 8.68. The summed E-state index contributed by atoms with van der Waals surface area (Å²) in [6.07, 6.45) is 6.20. The summed E-state index contributed by atoms with van der Waals surface area (Å²) in [6.45, 7) is 2.64. The monoisotopic (exact) mass is 395 g/mol. The van der Waals surface area contributed by atoms with Gasteiger partial charge in [0.2, 0.25) is 0 Å². The summed E-state index contributed by atoms with van der Waals surface area (Å²) in [4.78, 5) is 2.46. The number of benzene rings is 2. The molecule has 1 heterocycles. The van der Waals surface area contributed by atoms with Crippen molar-refractivity contribution < 1.29 is 14.6 Å². The summed E-state index contributed by atoms with van der Waals surface area (Å²) in [5, 5.41) is 10.6. The van der Waals surface area contributed by atoms with Crippen LogP contribution >= 0.6 is 0 Å². The predicted molar refractivity (Wildman–Crippen MR) is 115 cm³/mol. The van der Waals surface area contributed by atoms with E-state index in [0.717, 1.165) is 17.9 Å². The maximum Gasteiger partial charge on any atom is 0.118 e. The first kappa shape index (κ1) is 20.4. The fourth-order valence-electron chi connectivity index (χ4n) is 5.27. The van der Waals surface area contributed by atoms with Crippen LogP contribution in [0.2, 0.25) is 0 Å². The van der Waals surface area contributed by atoms with Crippen LogP contribution in [-0.2, 0) is 11.3 Å². The van der Waals surface area contributed by atoms with E-state index in [9.17, 15) is 5.11 Å². The first-order chi connectivity index (χ1) is 14.2. The lowest BCUT2D eigenvalue weighted by atomic mass is 9.61. The molecule has 2 atom stereocenters. The zero-order chi connectivity index (χ0) is 20.1. The molecular formula is C25H33NO3. The van der Waals surface area contributed by atoms with Gasteiger partial charge in [-0.05, 0) is 36.1 Å². The first-order valence-electron chi connectivity index (χ1n) is 10.9. The van der Waals surface area contributed by atoms with Gasteiger partial charge in [-0.1, -0.05) is 61.7 Å². The topological polar surface area (TPSA) is 41.9 Å². The lowest BCUT2D eigenvalue weighted by molar-refractivity contribution is -0.122. The highest BCUT2D eigenvalue weighted by atomic mass is 16.5. The molecule has 156 valence electrons. The molecule has 2 aliphatic rings. The van der Waals surface area contributed by atoms with Gasteiger partial charge in [0.25, 0.3) is 0 Å². The van der Waals surface area contributed by atoms with Gasteiger partial charge in [0, 0.05) is 24.5 Å². The predicted octanol–water partition coefficient (Wildman–Crippen LogP) is 4.58. The van der Waals surface area contributed by atoms with Crippen LogP contribution in [0.15, 0.2) is 54.6 Å². The number of methoxy groups -OCH3 is 1. The van der Waals surface area contributed by atoms with Crippen molar-refractivity contribution in [2.24, 2.45) is 5.41 Å². The van der Waals surface area contributed by atoms with Crippen molar-refractivity contribution >= 4 is 0 Å². The Hall–Kier alpha value is -1.88. The summed E-state index contributed by atoms with van der Waals surface area (Å²) in [5.41, 5.74) is 2.89. The van der Waals surface area contributed by atoms with Gasteiger partial charge in [0.15, 0.2) is 0 Å². The highest BCUT2D eigenvalue weighted by molar-refractivity contribution is 5.27. The normalized spacial score (nSPS) is 22.2. The van der Waals surface area contributed by atoms with Crippen LogP contribution in [0.4, 0.5) is 0 Å². The van der Waals surface area contributed by atoms with Gasteiger partial charge in [-0.2, -0.15) is 0 Å². The van der Waals surface area contributed by atoms with E-state index < -0.39 is 6.10 Å². The van der Waals surface area contributed by atoms with E-state index >= 15 is 0 Å². The molecule has 0 amide bonds. The van der Waals surface area contributed by atoms with Gasteiger partial charge in [-0.15, -0.1) is 0 Å². The summed E-state index contributed by atoms with van der Waals surface area (Å²) in [5.74, 6) is 0.843. The highest BCUT2D eigenvalue weighted by Crippen LogP contribution is 2.56. The third kappa shape index (κ3) is 4.66. The largest absolute Gasteiger partial charge is 0.497 e. The molecule has 2 aromatic rings. The Balaban J connectivity index is 1.31. The minimum Gasteiger partial charge on any atom is -0.497 e. The zero-order valence-electron chi connectivity index (χ0n) is 17.4. The molecule has 1 saturated carbocycles. The van der Waals surface area contributed by atoms with E-state index in [-0.39, 0.29) is 0 Å². The van der Waals surface area contributed by atoms with Gasteiger partial charge in [-0.3, -0.25) is 4.90 Å². The molecule has 1 spiro atoms. The quantitative estimate of drug-likeness (QED) is 0.710. The molecular weight excluding hydrogens is 362 g/mol. The summed E-state index contributed by atoms with van der Waals surface area (Å²) < 4.78 is 11.0. The van der Waals surface area contributed by atoms with Crippen molar-refractivity contribution in [3.8, 4) is 5.75 Å². The van der Waals surface area contributed by atoms with Crippen LogP contribution in [0.1, 0.15) is 49.3 Å². The molecule has 4 rings (SSSR count). The molecule has 2 aromatic carbocycles. The zero-order valence-corrected chi connectivity index (χ0v) is 17.4. The molecule has 4 heteroatoms. The fourth-order valence-corrected chi connectivity index (χ4v) is 5.27. The number of aliphatic hydroxyl groups excluding tert-OH is 1. The number of rotatable bonds is 8. The van der Waals surface area contributed by atoms with Gasteiger partial charge in [0.1, 0.15) is 5.75 Å². The molecule has 2 unspecified atom stereocenters. The van der Waals surface area contributed by atoms with E-state index in [4.69, 9.17) is 9.47 Å². The smallest absolute Gasteiger partial charge is 0.118 e. The number of hydrogen-bond acceptors (Lipinski definition) is 4. The van der Waals surface area contributed by atoms with Gasteiger partial charge >= 0.3 is 0 Å². The van der Waals surface area contributed by atoms with Crippen LogP contribution in [0.25, 0.3) is 0 Å². The molecule has 1 saturated heterocycles. The molecule has 1 N–H and O–H groups in total. The Bertz CT molecular complexity index is 755. The Morgan fingerprint density at radius 2 is 1.76 bits per heavy atom. The fraction of sp³-hybridized carbons (Fsp3) is 0.520. The molecule has 0 radical (unpaired) electrons. The van der Waals surface area contributed by atoms with Crippen molar-refractivity contribution in [1.82, 2.24) is 4.90 Å². The van der Waals surface area contributed by atoms with Gasteiger partial charge in [0.05, 0.1) is 26.4 Å². The summed E-state index contributed by atoms with van der Waals surface area (Å²) >= 11 is 0. The Kier molecular flexibility index (Phi) is 6.53.